The summed E-state index contributed by atoms with van der Waals surface area (Å²) in [6.45, 7) is 0. The number of benzene rings is 1. The number of ether oxygens (including phenoxy) is 2. The number of carboxylic acids is 1. The molecular formula is C13H14N2O5. The van der Waals surface area contributed by atoms with Crippen LogP contribution in [0.5, 0.6) is 11.5 Å². The summed E-state index contributed by atoms with van der Waals surface area (Å²) < 4.78 is 10.2. The van der Waals surface area contributed by atoms with E-state index in [9.17, 15) is 9.59 Å². The number of carbonyl (C=O) groups excluding carboxylic acids is 1. The summed E-state index contributed by atoms with van der Waals surface area (Å²) in [7, 11) is 2.96. The summed E-state index contributed by atoms with van der Waals surface area (Å²) in [5.41, 5.74) is 6.07. The zero-order valence-corrected chi connectivity index (χ0v) is 11.0. The molecular weight excluding hydrogens is 264 g/mol. The Bertz CT molecular complexity index is 609. The molecule has 0 spiro atoms. The third-order valence-electron chi connectivity index (χ3n) is 3.01. The molecule has 2 rings (SSSR count). The molecule has 1 aliphatic heterocycles. The fraction of sp³-hybridized carbons (Fsp3) is 0.231. The molecule has 7 nitrogen and oxygen atoms in total. The van der Waals surface area contributed by atoms with E-state index in [1.165, 1.54) is 14.2 Å². The van der Waals surface area contributed by atoms with Gasteiger partial charge < -0.3 is 20.3 Å². The monoisotopic (exact) mass is 278 g/mol. The van der Waals surface area contributed by atoms with Crippen molar-refractivity contribution in [1.82, 2.24) is 0 Å². The molecule has 20 heavy (non-hydrogen) atoms. The van der Waals surface area contributed by atoms with Crippen LogP contribution in [0.2, 0.25) is 0 Å². The number of amides is 1. The van der Waals surface area contributed by atoms with Gasteiger partial charge in [-0.15, -0.1) is 0 Å². The summed E-state index contributed by atoms with van der Waals surface area (Å²) in [6, 6.07) is 4.79. The molecule has 0 atom stereocenters. The lowest BCUT2D eigenvalue weighted by Crippen LogP contribution is -2.28. The van der Waals surface area contributed by atoms with Crippen molar-refractivity contribution >= 4 is 17.6 Å². The summed E-state index contributed by atoms with van der Waals surface area (Å²) >= 11 is 0. The van der Waals surface area contributed by atoms with Crippen molar-refractivity contribution in [2.75, 3.05) is 19.1 Å². The maximum atomic E-state index is 11.9. The highest BCUT2D eigenvalue weighted by Gasteiger charge is 2.33. The van der Waals surface area contributed by atoms with E-state index in [0.717, 1.165) is 4.90 Å². The Hall–Kier alpha value is -2.70. The van der Waals surface area contributed by atoms with Gasteiger partial charge >= 0.3 is 5.97 Å². The molecule has 0 bridgehead atoms. The number of hydrogen-bond acceptors (Lipinski definition) is 5. The van der Waals surface area contributed by atoms with Crippen LogP contribution in [0.15, 0.2) is 29.6 Å². The minimum atomic E-state index is -1.20. The van der Waals surface area contributed by atoms with Crippen molar-refractivity contribution in [1.29, 1.82) is 0 Å². The van der Waals surface area contributed by atoms with Crippen LogP contribution in [0.1, 0.15) is 6.42 Å². The fourth-order valence-corrected chi connectivity index (χ4v) is 2.02. The van der Waals surface area contributed by atoms with E-state index in [0.29, 0.717) is 17.2 Å². The average Bonchev–Trinajstić information content (AvgIpc) is 2.73. The second kappa shape index (κ2) is 5.12. The topological polar surface area (TPSA) is 102 Å². The van der Waals surface area contributed by atoms with Crippen LogP contribution in [0.4, 0.5) is 5.69 Å². The predicted octanol–water partition coefficient (Wildman–Crippen LogP) is 0.695. The lowest BCUT2D eigenvalue weighted by molar-refractivity contribution is -0.133. The van der Waals surface area contributed by atoms with Crippen molar-refractivity contribution in [3.63, 3.8) is 0 Å². The highest BCUT2D eigenvalue weighted by atomic mass is 16.5. The molecule has 1 aliphatic rings. The van der Waals surface area contributed by atoms with E-state index in [-0.39, 0.29) is 17.8 Å². The lowest BCUT2D eigenvalue weighted by atomic mass is 10.2. The molecule has 3 N–H and O–H groups in total. The molecule has 1 aromatic carbocycles. The van der Waals surface area contributed by atoms with Gasteiger partial charge in [0, 0.05) is 6.07 Å². The fourth-order valence-electron chi connectivity index (χ4n) is 2.02. The highest BCUT2D eigenvalue weighted by molar-refractivity contribution is 6.08. The third kappa shape index (κ3) is 2.13. The van der Waals surface area contributed by atoms with Crippen molar-refractivity contribution < 1.29 is 24.2 Å². The molecule has 0 aliphatic carbocycles. The van der Waals surface area contributed by atoms with Crippen LogP contribution < -0.4 is 20.1 Å². The van der Waals surface area contributed by atoms with Crippen LogP contribution in [0.3, 0.4) is 0 Å². The molecule has 0 saturated heterocycles. The number of methoxy groups -OCH3 is 2. The highest BCUT2D eigenvalue weighted by Crippen LogP contribution is 2.35. The van der Waals surface area contributed by atoms with Crippen LogP contribution in [0.25, 0.3) is 0 Å². The maximum Gasteiger partial charge on any atom is 0.335 e. The van der Waals surface area contributed by atoms with Gasteiger partial charge in [-0.2, -0.15) is 0 Å². The lowest BCUT2D eigenvalue weighted by Gasteiger charge is -2.19. The smallest absolute Gasteiger partial charge is 0.335 e. The van der Waals surface area contributed by atoms with E-state index >= 15 is 0 Å². The third-order valence-corrected chi connectivity index (χ3v) is 3.01. The second-order valence-electron chi connectivity index (χ2n) is 4.11. The number of nitrogens with two attached hydrogens (primary N) is 1. The molecule has 7 heteroatoms. The van der Waals surface area contributed by atoms with Gasteiger partial charge in [-0.25, -0.2) is 4.79 Å². The molecule has 0 aromatic heterocycles. The quantitative estimate of drug-likeness (QED) is 0.840. The number of nitrogens with zero attached hydrogens (tertiary/aromatic N) is 1. The first-order valence-electron chi connectivity index (χ1n) is 5.76. The number of hydrogen-bond donors (Lipinski definition) is 2. The van der Waals surface area contributed by atoms with Crippen molar-refractivity contribution in [2.24, 2.45) is 5.73 Å². The summed E-state index contributed by atoms with van der Waals surface area (Å²) in [6.07, 6.45) is -0.227. The van der Waals surface area contributed by atoms with E-state index in [1.54, 1.807) is 18.2 Å². The standard InChI is InChI=1S/C13H14N2O5/c1-19-9-4-3-7(5-10(9)20-2)15-11(16)6-8(12(15)14)13(17)18/h3-5H,6,14H2,1-2H3,(H,17,18). The maximum absolute atomic E-state index is 11.9. The number of carboxylic acid groups (broad SMARTS) is 1. The van der Waals surface area contributed by atoms with E-state index in [2.05, 4.69) is 0 Å². The molecule has 0 radical (unpaired) electrons. The normalized spacial score (nSPS) is 14.7. The molecule has 0 saturated carbocycles. The molecule has 1 aromatic rings. The number of rotatable bonds is 4. The van der Waals surface area contributed by atoms with E-state index in [4.69, 9.17) is 20.3 Å². The van der Waals surface area contributed by atoms with Crippen molar-refractivity contribution in [2.45, 2.75) is 6.42 Å². The molecule has 0 fully saturated rings. The number of carbonyl (C=O) groups is 2. The first kappa shape index (κ1) is 13.7. The van der Waals surface area contributed by atoms with Crippen molar-refractivity contribution in [3.05, 3.63) is 29.6 Å². The minimum Gasteiger partial charge on any atom is -0.493 e. The Balaban J connectivity index is 2.46. The first-order chi connectivity index (χ1) is 9.49. The molecule has 0 unspecified atom stereocenters. The molecule has 1 heterocycles. The Morgan fingerprint density at radius 2 is 1.95 bits per heavy atom. The average molecular weight is 278 g/mol. The summed E-state index contributed by atoms with van der Waals surface area (Å²) in [5, 5.41) is 8.99. The summed E-state index contributed by atoms with van der Waals surface area (Å²) in [5.74, 6) is -0.737. The SMILES string of the molecule is COc1ccc(N2C(=O)CC(C(=O)O)=C2N)cc1OC. The van der Waals surface area contributed by atoms with E-state index in [1.807, 2.05) is 0 Å². The Morgan fingerprint density at radius 3 is 2.45 bits per heavy atom. The van der Waals surface area contributed by atoms with Crippen LogP contribution in [-0.2, 0) is 9.59 Å². The van der Waals surface area contributed by atoms with E-state index < -0.39 is 11.9 Å². The molecule has 106 valence electrons. The van der Waals surface area contributed by atoms with Gasteiger partial charge in [-0.05, 0) is 12.1 Å². The van der Waals surface area contributed by atoms with Gasteiger partial charge in [-0.1, -0.05) is 0 Å². The number of aliphatic carboxylic acids is 1. The Labute approximate surface area is 115 Å². The van der Waals surface area contributed by atoms with Crippen LogP contribution in [-0.4, -0.2) is 31.2 Å². The Kier molecular flexibility index (Phi) is 3.51. The van der Waals surface area contributed by atoms with Gasteiger partial charge in [0.05, 0.1) is 31.9 Å². The first-order valence-corrected chi connectivity index (χ1v) is 5.76. The largest absolute Gasteiger partial charge is 0.493 e. The van der Waals surface area contributed by atoms with Crippen molar-refractivity contribution in [3.8, 4) is 11.5 Å². The van der Waals surface area contributed by atoms with Gasteiger partial charge in [0.25, 0.3) is 0 Å². The van der Waals surface area contributed by atoms with Crippen LogP contribution >= 0.6 is 0 Å². The Morgan fingerprint density at radius 1 is 1.30 bits per heavy atom. The van der Waals surface area contributed by atoms with Gasteiger partial charge in [0.15, 0.2) is 11.5 Å². The zero-order valence-electron chi connectivity index (χ0n) is 11.0. The minimum absolute atomic E-state index is 0.0743. The van der Waals surface area contributed by atoms with Gasteiger partial charge in [0.1, 0.15) is 5.82 Å². The second-order valence-corrected chi connectivity index (χ2v) is 4.11. The van der Waals surface area contributed by atoms with Gasteiger partial charge in [-0.3, -0.25) is 9.69 Å². The number of anilines is 1. The van der Waals surface area contributed by atoms with Crippen LogP contribution in [0, 0.1) is 0 Å². The summed E-state index contributed by atoms with van der Waals surface area (Å²) in [4.78, 5) is 24.1. The zero-order chi connectivity index (χ0) is 14.9. The molecule has 1 amide bonds. The van der Waals surface area contributed by atoms with Gasteiger partial charge in [0.2, 0.25) is 5.91 Å². The predicted molar refractivity (Wildman–Crippen MR) is 70.5 cm³/mol.